The summed E-state index contributed by atoms with van der Waals surface area (Å²) in [6.45, 7) is 7.45. The number of H-pyrrole nitrogens is 1. The van der Waals surface area contributed by atoms with Gasteiger partial charge in [-0.25, -0.2) is 9.78 Å². The van der Waals surface area contributed by atoms with Crippen molar-refractivity contribution in [3.8, 4) is 0 Å². The number of carboxylic acid groups (broad SMARTS) is 1. The first-order valence-electron chi connectivity index (χ1n) is 12.0. The Morgan fingerprint density at radius 3 is 2.17 bits per heavy atom. The summed E-state index contributed by atoms with van der Waals surface area (Å²) in [4.78, 5) is 68.4. The van der Waals surface area contributed by atoms with Gasteiger partial charge in [-0.15, -0.1) is 0 Å². The molecule has 4 amide bonds. The van der Waals surface area contributed by atoms with Crippen LogP contribution < -0.4 is 27.4 Å². The maximum Gasteiger partial charge on any atom is 0.326 e. The number of nitrogens with zero attached hydrogens (tertiary/aromatic N) is 1. The number of carbonyl (C=O) groups is 5. The zero-order valence-electron chi connectivity index (χ0n) is 21.2. The molecular formula is C23H39N7O6. The van der Waals surface area contributed by atoms with Gasteiger partial charge in [0.2, 0.25) is 23.6 Å². The highest BCUT2D eigenvalue weighted by molar-refractivity contribution is 5.94. The fourth-order valence-electron chi connectivity index (χ4n) is 3.48. The van der Waals surface area contributed by atoms with Crippen LogP contribution in [0.15, 0.2) is 12.5 Å². The lowest BCUT2D eigenvalue weighted by Gasteiger charge is -2.28. The smallest absolute Gasteiger partial charge is 0.326 e. The molecule has 5 unspecified atom stereocenters. The summed E-state index contributed by atoms with van der Waals surface area (Å²) in [6, 6.07) is -4.38. The zero-order chi connectivity index (χ0) is 27.4. The van der Waals surface area contributed by atoms with Crippen LogP contribution in [0.1, 0.15) is 59.1 Å². The Hall–Kier alpha value is -3.48. The van der Waals surface area contributed by atoms with E-state index in [1.807, 2.05) is 20.8 Å². The average Bonchev–Trinajstić information content (AvgIpc) is 3.31. The van der Waals surface area contributed by atoms with Crippen molar-refractivity contribution in [2.45, 2.75) is 84.0 Å². The van der Waals surface area contributed by atoms with Gasteiger partial charge in [0.05, 0.1) is 12.4 Å². The molecule has 1 heterocycles. The topological polar surface area (TPSA) is 222 Å². The molecule has 0 fully saturated rings. The van der Waals surface area contributed by atoms with Gasteiger partial charge >= 0.3 is 5.97 Å². The van der Waals surface area contributed by atoms with Gasteiger partial charge in [0, 0.05) is 24.7 Å². The lowest BCUT2D eigenvalue weighted by molar-refractivity contribution is -0.142. The minimum absolute atomic E-state index is 0.0726. The molecule has 202 valence electrons. The number of rotatable bonds is 16. The van der Waals surface area contributed by atoms with Crippen molar-refractivity contribution < 1.29 is 29.1 Å². The van der Waals surface area contributed by atoms with Gasteiger partial charge in [-0.2, -0.15) is 0 Å². The molecule has 36 heavy (non-hydrogen) atoms. The summed E-state index contributed by atoms with van der Waals surface area (Å²) in [7, 11) is 0. The number of primary amides is 1. The van der Waals surface area contributed by atoms with Crippen molar-refractivity contribution in [1.29, 1.82) is 0 Å². The standard InChI is InChI=1S/C23H39N7O6/c1-5-13(4)19(30-20(32)15(24)8-12(2)3)22(34)28-16(6-7-18(25)31)21(33)29-17(23(35)36)9-14-10-26-11-27-14/h10-13,15-17,19H,5-9,24H2,1-4H3,(H2,25,31)(H,26,27)(H,28,34)(H,29,33)(H,30,32)(H,35,36). The van der Waals surface area contributed by atoms with Crippen molar-refractivity contribution >= 4 is 29.6 Å². The Kier molecular flexibility index (Phi) is 12.6. The van der Waals surface area contributed by atoms with Crippen LogP contribution in [0.5, 0.6) is 0 Å². The molecule has 0 aliphatic rings. The van der Waals surface area contributed by atoms with E-state index in [1.54, 1.807) is 6.92 Å². The number of aromatic amines is 1. The SMILES string of the molecule is CCC(C)C(NC(=O)C(N)CC(C)C)C(=O)NC(CCC(N)=O)C(=O)NC(Cc1cnc[nH]1)C(=O)O. The first kappa shape index (κ1) is 30.6. The molecule has 13 nitrogen and oxygen atoms in total. The second-order valence-corrected chi connectivity index (χ2v) is 9.35. The Labute approximate surface area is 210 Å². The molecule has 9 N–H and O–H groups in total. The lowest BCUT2D eigenvalue weighted by atomic mass is 9.96. The van der Waals surface area contributed by atoms with Crippen molar-refractivity contribution in [3.63, 3.8) is 0 Å². The summed E-state index contributed by atoms with van der Waals surface area (Å²) >= 11 is 0. The van der Waals surface area contributed by atoms with Crippen molar-refractivity contribution in [1.82, 2.24) is 25.9 Å². The predicted molar refractivity (Wildman–Crippen MR) is 131 cm³/mol. The molecular weight excluding hydrogens is 470 g/mol. The number of aliphatic carboxylic acids is 1. The van der Waals surface area contributed by atoms with E-state index >= 15 is 0 Å². The van der Waals surface area contributed by atoms with Crippen LogP contribution in [0.2, 0.25) is 0 Å². The molecule has 0 saturated heterocycles. The fraction of sp³-hybridized carbons (Fsp3) is 0.652. The Balaban J connectivity index is 3.03. The van der Waals surface area contributed by atoms with E-state index in [2.05, 4.69) is 25.9 Å². The minimum Gasteiger partial charge on any atom is -0.480 e. The van der Waals surface area contributed by atoms with Gasteiger partial charge < -0.3 is 37.5 Å². The Morgan fingerprint density at radius 2 is 1.67 bits per heavy atom. The van der Waals surface area contributed by atoms with Crippen molar-refractivity contribution in [3.05, 3.63) is 18.2 Å². The number of nitrogens with two attached hydrogens (primary N) is 2. The molecule has 0 radical (unpaired) electrons. The average molecular weight is 510 g/mol. The van der Waals surface area contributed by atoms with E-state index in [4.69, 9.17) is 11.5 Å². The predicted octanol–water partition coefficient (Wildman–Crippen LogP) is -0.824. The monoisotopic (exact) mass is 509 g/mol. The highest BCUT2D eigenvalue weighted by Gasteiger charge is 2.32. The third kappa shape index (κ3) is 10.4. The molecule has 0 spiro atoms. The van der Waals surface area contributed by atoms with Gasteiger partial charge in [0.25, 0.3) is 0 Å². The van der Waals surface area contributed by atoms with Crippen molar-refractivity contribution in [2.24, 2.45) is 23.3 Å². The van der Waals surface area contributed by atoms with E-state index < -0.39 is 53.8 Å². The molecule has 13 heteroatoms. The van der Waals surface area contributed by atoms with Crippen LogP contribution in [0.3, 0.4) is 0 Å². The van der Waals surface area contributed by atoms with Crippen LogP contribution >= 0.6 is 0 Å². The van der Waals surface area contributed by atoms with Crippen molar-refractivity contribution in [2.75, 3.05) is 0 Å². The maximum absolute atomic E-state index is 13.2. The number of imidazole rings is 1. The summed E-state index contributed by atoms with van der Waals surface area (Å²) < 4.78 is 0. The molecule has 0 aliphatic carbocycles. The number of carboxylic acids is 1. The number of amides is 4. The Bertz CT molecular complexity index is 890. The summed E-state index contributed by atoms with van der Waals surface area (Å²) in [5.41, 5.74) is 11.7. The van der Waals surface area contributed by atoms with E-state index in [-0.39, 0.29) is 31.1 Å². The molecule has 5 atom stereocenters. The number of aromatic nitrogens is 2. The number of hydrogen-bond acceptors (Lipinski definition) is 7. The minimum atomic E-state index is -1.31. The summed E-state index contributed by atoms with van der Waals surface area (Å²) in [5.74, 6) is -4.06. The highest BCUT2D eigenvalue weighted by Crippen LogP contribution is 2.11. The highest BCUT2D eigenvalue weighted by atomic mass is 16.4. The largest absolute Gasteiger partial charge is 0.480 e. The third-order valence-corrected chi connectivity index (χ3v) is 5.76. The number of hydrogen-bond donors (Lipinski definition) is 7. The van der Waals surface area contributed by atoms with Crippen LogP contribution in [0.4, 0.5) is 0 Å². The fourth-order valence-corrected chi connectivity index (χ4v) is 3.48. The third-order valence-electron chi connectivity index (χ3n) is 5.76. The molecule has 1 rings (SSSR count). The van der Waals surface area contributed by atoms with E-state index in [0.717, 1.165) is 0 Å². The lowest BCUT2D eigenvalue weighted by Crippen LogP contribution is -2.59. The van der Waals surface area contributed by atoms with Gasteiger partial charge in [0.1, 0.15) is 18.1 Å². The molecule has 0 saturated carbocycles. The summed E-state index contributed by atoms with van der Waals surface area (Å²) in [5, 5.41) is 17.1. The first-order chi connectivity index (χ1) is 16.8. The van der Waals surface area contributed by atoms with Crippen LogP contribution in [-0.2, 0) is 30.4 Å². The van der Waals surface area contributed by atoms with Crippen LogP contribution in [0, 0.1) is 11.8 Å². The van der Waals surface area contributed by atoms with Gasteiger partial charge in [-0.05, 0) is 24.7 Å². The van der Waals surface area contributed by atoms with Gasteiger partial charge in [0.15, 0.2) is 0 Å². The number of carbonyl (C=O) groups excluding carboxylic acids is 4. The molecule has 0 aromatic carbocycles. The van der Waals surface area contributed by atoms with Crippen LogP contribution in [-0.4, -0.2) is 68.8 Å². The second-order valence-electron chi connectivity index (χ2n) is 9.35. The van der Waals surface area contributed by atoms with E-state index in [9.17, 15) is 29.1 Å². The molecule has 1 aromatic heterocycles. The van der Waals surface area contributed by atoms with Gasteiger partial charge in [-0.1, -0.05) is 34.1 Å². The molecule has 0 bridgehead atoms. The Morgan fingerprint density at radius 1 is 1.03 bits per heavy atom. The number of nitrogens with one attached hydrogen (secondary N) is 4. The first-order valence-corrected chi connectivity index (χ1v) is 12.0. The molecule has 1 aromatic rings. The van der Waals surface area contributed by atoms with Crippen LogP contribution in [0.25, 0.3) is 0 Å². The molecule has 0 aliphatic heterocycles. The normalized spacial score (nSPS) is 15.3. The van der Waals surface area contributed by atoms with Gasteiger partial charge in [-0.3, -0.25) is 19.2 Å². The summed E-state index contributed by atoms with van der Waals surface area (Å²) in [6.07, 6.45) is 3.32. The maximum atomic E-state index is 13.2. The van der Waals surface area contributed by atoms with E-state index in [0.29, 0.717) is 18.5 Å². The zero-order valence-corrected chi connectivity index (χ0v) is 21.2. The second kappa shape index (κ2) is 14.8. The van der Waals surface area contributed by atoms with E-state index in [1.165, 1.54) is 12.5 Å². The quantitative estimate of drug-likeness (QED) is 0.149.